The largest absolute Gasteiger partial charge is 0.387 e. The Hall–Kier alpha value is -0.840. The highest BCUT2D eigenvalue weighted by Gasteiger charge is 2.11. The van der Waals surface area contributed by atoms with Crippen molar-refractivity contribution in [3.63, 3.8) is 0 Å². The number of hydrogen-bond acceptors (Lipinski definition) is 4. The fourth-order valence-electron chi connectivity index (χ4n) is 2.75. The Kier molecular flexibility index (Phi) is 7.75. The standard InChI is InChI=1S/C16H30N4/c1(7-19-13-15-3-9-17-10-4-15)2-8-20-14-16-5-11-18-12-6-16/h3-4,9,16-20H,1-2,5-8,10-14H2. The molecule has 114 valence electrons. The first-order valence-corrected chi connectivity index (χ1v) is 8.16. The van der Waals surface area contributed by atoms with Gasteiger partial charge in [0.1, 0.15) is 0 Å². The second-order valence-electron chi connectivity index (χ2n) is 5.80. The van der Waals surface area contributed by atoms with Crippen molar-refractivity contribution in [2.45, 2.75) is 25.7 Å². The summed E-state index contributed by atoms with van der Waals surface area (Å²) in [5.41, 5.74) is 1.40. The van der Waals surface area contributed by atoms with Crippen molar-refractivity contribution in [3.8, 4) is 0 Å². The third-order valence-corrected chi connectivity index (χ3v) is 4.08. The monoisotopic (exact) mass is 278 g/mol. The van der Waals surface area contributed by atoms with Gasteiger partial charge in [0.2, 0.25) is 0 Å². The smallest absolute Gasteiger partial charge is 0.0331 e. The van der Waals surface area contributed by atoms with E-state index in [-0.39, 0.29) is 0 Å². The molecule has 4 nitrogen and oxygen atoms in total. The van der Waals surface area contributed by atoms with E-state index in [0.717, 1.165) is 32.1 Å². The van der Waals surface area contributed by atoms with E-state index in [4.69, 9.17) is 0 Å². The zero-order chi connectivity index (χ0) is 13.9. The van der Waals surface area contributed by atoms with Gasteiger partial charge in [0.05, 0.1) is 0 Å². The average Bonchev–Trinajstić information content (AvgIpc) is 2.52. The van der Waals surface area contributed by atoms with Gasteiger partial charge < -0.3 is 21.3 Å². The van der Waals surface area contributed by atoms with Gasteiger partial charge in [-0.2, -0.15) is 0 Å². The van der Waals surface area contributed by atoms with Crippen molar-refractivity contribution in [1.29, 1.82) is 0 Å². The predicted octanol–water partition coefficient (Wildman–Crippen LogP) is 0.989. The van der Waals surface area contributed by atoms with Crippen LogP contribution in [0.3, 0.4) is 0 Å². The van der Waals surface area contributed by atoms with E-state index in [1.807, 2.05) is 6.20 Å². The Balaban J connectivity index is 1.36. The molecule has 2 aliphatic heterocycles. The fraction of sp³-hybridized carbons (Fsp3) is 0.750. The number of nitrogens with one attached hydrogen (secondary N) is 4. The third-order valence-electron chi connectivity index (χ3n) is 4.08. The number of dihydropyridines is 1. The molecular formula is C16H30N4. The van der Waals surface area contributed by atoms with Crippen LogP contribution in [0.4, 0.5) is 0 Å². The zero-order valence-corrected chi connectivity index (χ0v) is 12.6. The van der Waals surface area contributed by atoms with Crippen molar-refractivity contribution in [2.75, 3.05) is 45.8 Å². The van der Waals surface area contributed by atoms with Crippen LogP contribution in [0.25, 0.3) is 0 Å². The van der Waals surface area contributed by atoms with Crippen LogP contribution in [0.1, 0.15) is 25.7 Å². The molecule has 0 aliphatic carbocycles. The molecule has 4 heteroatoms. The summed E-state index contributed by atoms with van der Waals surface area (Å²) in [6, 6.07) is 0. The molecular weight excluding hydrogens is 248 g/mol. The molecule has 4 N–H and O–H groups in total. The first-order valence-electron chi connectivity index (χ1n) is 8.16. The van der Waals surface area contributed by atoms with Crippen LogP contribution >= 0.6 is 0 Å². The molecule has 0 bridgehead atoms. The van der Waals surface area contributed by atoms with Gasteiger partial charge in [-0.15, -0.1) is 0 Å². The minimum Gasteiger partial charge on any atom is -0.387 e. The van der Waals surface area contributed by atoms with Crippen LogP contribution in [0.2, 0.25) is 0 Å². The molecule has 2 aliphatic rings. The van der Waals surface area contributed by atoms with Crippen LogP contribution in [0, 0.1) is 5.92 Å². The van der Waals surface area contributed by atoms with Gasteiger partial charge in [-0.25, -0.2) is 0 Å². The molecule has 20 heavy (non-hydrogen) atoms. The highest BCUT2D eigenvalue weighted by atomic mass is 14.9. The van der Waals surface area contributed by atoms with Crippen molar-refractivity contribution in [3.05, 3.63) is 23.9 Å². The van der Waals surface area contributed by atoms with E-state index in [9.17, 15) is 0 Å². The van der Waals surface area contributed by atoms with Crippen LogP contribution < -0.4 is 21.3 Å². The van der Waals surface area contributed by atoms with Crippen molar-refractivity contribution in [1.82, 2.24) is 21.3 Å². The maximum absolute atomic E-state index is 3.61. The molecule has 0 saturated carbocycles. The average molecular weight is 278 g/mol. The first-order chi connectivity index (χ1) is 9.95. The molecule has 0 spiro atoms. The van der Waals surface area contributed by atoms with Gasteiger partial charge in [0, 0.05) is 13.1 Å². The maximum Gasteiger partial charge on any atom is 0.0331 e. The number of unbranched alkanes of at least 4 members (excludes halogenated alkanes) is 1. The van der Waals surface area contributed by atoms with E-state index < -0.39 is 0 Å². The molecule has 0 atom stereocenters. The summed E-state index contributed by atoms with van der Waals surface area (Å²) in [6.07, 6.45) is 11.6. The van der Waals surface area contributed by atoms with Gasteiger partial charge in [-0.3, -0.25) is 0 Å². The third kappa shape index (κ3) is 6.55. The first kappa shape index (κ1) is 15.5. The topological polar surface area (TPSA) is 48.1 Å². The van der Waals surface area contributed by atoms with Gasteiger partial charge in [0.25, 0.3) is 0 Å². The Morgan fingerprint density at radius 3 is 2.65 bits per heavy atom. The maximum atomic E-state index is 3.61. The summed E-state index contributed by atoms with van der Waals surface area (Å²) in [5.74, 6) is 0.896. The number of piperidine rings is 1. The molecule has 0 amide bonds. The number of rotatable bonds is 9. The lowest BCUT2D eigenvalue weighted by atomic mass is 9.98. The summed E-state index contributed by atoms with van der Waals surface area (Å²) in [5, 5.41) is 13.7. The lowest BCUT2D eigenvalue weighted by Gasteiger charge is -2.22. The quantitative estimate of drug-likeness (QED) is 0.475. The van der Waals surface area contributed by atoms with E-state index >= 15 is 0 Å². The van der Waals surface area contributed by atoms with Gasteiger partial charge in [-0.1, -0.05) is 6.08 Å². The molecule has 0 unspecified atom stereocenters. The zero-order valence-electron chi connectivity index (χ0n) is 12.6. The summed E-state index contributed by atoms with van der Waals surface area (Å²) in [7, 11) is 0. The van der Waals surface area contributed by atoms with Crippen molar-refractivity contribution < 1.29 is 0 Å². The second kappa shape index (κ2) is 9.97. The van der Waals surface area contributed by atoms with Crippen LogP contribution in [0.5, 0.6) is 0 Å². The van der Waals surface area contributed by atoms with Crippen LogP contribution in [-0.2, 0) is 0 Å². The Bertz CT molecular complexity index is 306. The SMILES string of the molecule is C1=CC(CNCCCCNCC2CCNCC2)=CCN1. The van der Waals surface area contributed by atoms with Gasteiger partial charge in [-0.05, 0) is 82.2 Å². The van der Waals surface area contributed by atoms with E-state index in [2.05, 4.69) is 33.4 Å². The van der Waals surface area contributed by atoms with Crippen molar-refractivity contribution in [2.24, 2.45) is 5.92 Å². The Morgan fingerprint density at radius 1 is 1.10 bits per heavy atom. The van der Waals surface area contributed by atoms with E-state index in [1.165, 1.54) is 50.9 Å². The second-order valence-corrected chi connectivity index (χ2v) is 5.80. The van der Waals surface area contributed by atoms with E-state index in [1.54, 1.807) is 0 Å². The summed E-state index contributed by atoms with van der Waals surface area (Å²) in [6.45, 7) is 7.87. The Morgan fingerprint density at radius 2 is 1.90 bits per heavy atom. The molecule has 0 aromatic heterocycles. The fourth-order valence-corrected chi connectivity index (χ4v) is 2.75. The summed E-state index contributed by atoms with van der Waals surface area (Å²) >= 11 is 0. The molecule has 0 aromatic carbocycles. The number of hydrogen-bond donors (Lipinski definition) is 4. The highest BCUT2D eigenvalue weighted by Crippen LogP contribution is 2.09. The molecule has 0 radical (unpaired) electrons. The molecule has 1 saturated heterocycles. The normalized spacial score (nSPS) is 19.7. The highest BCUT2D eigenvalue weighted by molar-refractivity contribution is 5.23. The molecule has 1 fully saturated rings. The minimum absolute atomic E-state index is 0.896. The minimum atomic E-state index is 0.896. The van der Waals surface area contributed by atoms with Gasteiger partial charge in [0.15, 0.2) is 0 Å². The van der Waals surface area contributed by atoms with Crippen LogP contribution in [0.15, 0.2) is 23.9 Å². The predicted molar refractivity (Wildman–Crippen MR) is 85.8 cm³/mol. The summed E-state index contributed by atoms with van der Waals surface area (Å²) in [4.78, 5) is 0. The van der Waals surface area contributed by atoms with Crippen molar-refractivity contribution >= 4 is 0 Å². The molecule has 2 heterocycles. The van der Waals surface area contributed by atoms with Crippen LogP contribution in [-0.4, -0.2) is 45.8 Å². The summed E-state index contributed by atoms with van der Waals surface area (Å²) < 4.78 is 0. The molecule has 2 rings (SSSR count). The lowest BCUT2D eigenvalue weighted by Crippen LogP contribution is -2.34. The van der Waals surface area contributed by atoms with E-state index in [0.29, 0.717) is 0 Å². The van der Waals surface area contributed by atoms with Gasteiger partial charge >= 0.3 is 0 Å². The molecule has 0 aromatic rings. The lowest BCUT2D eigenvalue weighted by molar-refractivity contribution is 0.356. The Labute approximate surface area is 123 Å².